The molecule has 3 N–H and O–H groups in total. The summed E-state index contributed by atoms with van der Waals surface area (Å²) in [6, 6.07) is 5.37. The first-order valence-corrected chi connectivity index (χ1v) is 10.1. The van der Waals surface area contributed by atoms with Crippen LogP contribution in [0.2, 0.25) is 0 Å². The summed E-state index contributed by atoms with van der Waals surface area (Å²) in [7, 11) is 0. The van der Waals surface area contributed by atoms with Crippen LogP contribution in [0.25, 0.3) is 0 Å². The van der Waals surface area contributed by atoms with Crippen molar-refractivity contribution in [2.75, 3.05) is 13.1 Å². The molecule has 2 amide bonds. The monoisotopic (exact) mass is 564 g/mol. The SMILES string of the molecule is I.NC(=NCc1ccc(OC(F)(F)F)cc1)NCCCN1C(=O)C2C3C=CC(C3)C2C1=O. The van der Waals surface area contributed by atoms with Gasteiger partial charge in [0.25, 0.3) is 0 Å². The minimum Gasteiger partial charge on any atom is -0.406 e. The number of hydrogen-bond acceptors (Lipinski definition) is 4. The molecule has 4 unspecified atom stereocenters. The normalized spacial score (nSPS) is 26.3. The molecule has 1 saturated heterocycles. The van der Waals surface area contributed by atoms with Crippen molar-refractivity contribution in [2.45, 2.75) is 25.7 Å². The molecule has 1 aromatic rings. The summed E-state index contributed by atoms with van der Waals surface area (Å²) in [5, 5.41) is 2.92. The number of nitrogens with one attached hydrogen (secondary N) is 1. The fraction of sp³-hybridized carbons (Fsp3) is 0.476. The van der Waals surface area contributed by atoms with Crippen molar-refractivity contribution in [1.29, 1.82) is 0 Å². The first-order valence-electron chi connectivity index (χ1n) is 10.1. The molecular formula is C21H24F3IN4O3. The molecule has 1 aliphatic heterocycles. The van der Waals surface area contributed by atoms with Crippen LogP contribution in [0.5, 0.6) is 5.75 Å². The van der Waals surface area contributed by atoms with Crippen LogP contribution >= 0.6 is 24.0 Å². The van der Waals surface area contributed by atoms with E-state index in [1.807, 2.05) is 0 Å². The quantitative estimate of drug-likeness (QED) is 0.133. The van der Waals surface area contributed by atoms with Gasteiger partial charge in [0.1, 0.15) is 5.75 Å². The lowest BCUT2D eigenvalue weighted by atomic mass is 9.85. The maximum atomic E-state index is 12.6. The molecule has 1 heterocycles. The van der Waals surface area contributed by atoms with E-state index in [0.717, 1.165) is 6.42 Å². The van der Waals surface area contributed by atoms with Gasteiger partial charge in [-0.1, -0.05) is 24.3 Å². The van der Waals surface area contributed by atoms with E-state index in [1.165, 1.54) is 29.2 Å². The van der Waals surface area contributed by atoms with E-state index in [2.05, 4.69) is 27.2 Å². The second-order valence-corrected chi connectivity index (χ2v) is 8.00. The van der Waals surface area contributed by atoms with Crippen LogP contribution < -0.4 is 15.8 Å². The van der Waals surface area contributed by atoms with E-state index in [0.29, 0.717) is 25.1 Å². The summed E-state index contributed by atoms with van der Waals surface area (Å²) in [5.41, 5.74) is 6.48. The maximum Gasteiger partial charge on any atom is 0.573 e. The highest BCUT2D eigenvalue weighted by Crippen LogP contribution is 2.52. The fourth-order valence-electron chi connectivity index (χ4n) is 4.67. The standard InChI is InChI=1S/C21H23F3N4O3.HI/c22-21(23,24)31-15-6-2-12(3-7-15)11-27-20(25)26-8-1-9-28-18(29)16-13-4-5-14(10-13)17(16)19(28)30;/h2-7,13-14,16-17H,1,8-11H2,(H3,25,26,27);1H. The number of likely N-dealkylation sites (tertiary alicyclic amines) is 1. The second kappa shape index (κ2) is 9.67. The third-order valence-corrected chi connectivity index (χ3v) is 6.02. The zero-order valence-corrected chi connectivity index (χ0v) is 19.4. The van der Waals surface area contributed by atoms with Gasteiger partial charge in [0.05, 0.1) is 18.4 Å². The number of ether oxygens (including phenoxy) is 1. The Morgan fingerprint density at radius 3 is 2.28 bits per heavy atom. The molecule has 4 atom stereocenters. The summed E-state index contributed by atoms with van der Waals surface area (Å²) >= 11 is 0. The molecule has 3 aliphatic rings. The van der Waals surface area contributed by atoms with E-state index in [9.17, 15) is 22.8 Å². The predicted octanol–water partition coefficient (Wildman–Crippen LogP) is 2.80. The Bertz CT molecular complexity index is 890. The Morgan fingerprint density at radius 2 is 1.72 bits per heavy atom. The van der Waals surface area contributed by atoms with Crippen molar-refractivity contribution in [3.8, 4) is 5.75 Å². The Kier molecular flexibility index (Phi) is 7.36. The Hall–Kier alpha value is -2.31. The van der Waals surface area contributed by atoms with Gasteiger partial charge >= 0.3 is 6.36 Å². The van der Waals surface area contributed by atoms with Gasteiger partial charge in [0, 0.05) is 13.1 Å². The molecule has 174 valence electrons. The molecule has 1 aromatic carbocycles. The van der Waals surface area contributed by atoms with Gasteiger partial charge < -0.3 is 15.8 Å². The number of benzene rings is 1. The highest BCUT2D eigenvalue weighted by atomic mass is 127. The number of amides is 2. The number of carbonyl (C=O) groups excluding carboxylic acids is 2. The highest BCUT2D eigenvalue weighted by molar-refractivity contribution is 14.0. The van der Waals surface area contributed by atoms with Crippen molar-refractivity contribution < 1.29 is 27.5 Å². The summed E-state index contributed by atoms with van der Waals surface area (Å²) in [6.07, 6.45) is 0.854. The maximum absolute atomic E-state index is 12.6. The van der Waals surface area contributed by atoms with Crippen LogP contribution in [0.4, 0.5) is 13.2 Å². The van der Waals surface area contributed by atoms with Crippen LogP contribution in [0.3, 0.4) is 0 Å². The van der Waals surface area contributed by atoms with Crippen LogP contribution in [0.1, 0.15) is 18.4 Å². The molecular weight excluding hydrogens is 540 g/mol. The minimum absolute atomic E-state index is 0. The number of imide groups is 1. The number of rotatable bonds is 7. The summed E-state index contributed by atoms with van der Waals surface area (Å²) in [6.45, 7) is 0.962. The molecule has 4 rings (SSSR count). The van der Waals surface area contributed by atoms with Gasteiger partial charge in [0.15, 0.2) is 5.96 Å². The fourth-order valence-corrected chi connectivity index (χ4v) is 4.67. The van der Waals surface area contributed by atoms with Gasteiger partial charge in [-0.3, -0.25) is 14.5 Å². The Labute approximate surface area is 200 Å². The first kappa shape index (κ1) is 24.3. The van der Waals surface area contributed by atoms with E-state index < -0.39 is 6.36 Å². The van der Waals surface area contributed by atoms with E-state index >= 15 is 0 Å². The van der Waals surface area contributed by atoms with Crippen molar-refractivity contribution >= 4 is 41.8 Å². The van der Waals surface area contributed by atoms with Gasteiger partial charge in [-0.05, 0) is 42.4 Å². The molecule has 7 nitrogen and oxygen atoms in total. The van der Waals surface area contributed by atoms with E-state index in [4.69, 9.17) is 5.73 Å². The number of aliphatic imine (C=N–C) groups is 1. The smallest absolute Gasteiger partial charge is 0.406 e. The molecule has 2 fully saturated rings. The van der Waals surface area contributed by atoms with Gasteiger partial charge in [0.2, 0.25) is 11.8 Å². The van der Waals surface area contributed by atoms with Crippen molar-refractivity contribution in [3.63, 3.8) is 0 Å². The summed E-state index contributed by atoms with van der Waals surface area (Å²) < 4.78 is 40.3. The zero-order valence-electron chi connectivity index (χ0n) is 17.0. The summed E-state index contributed by atoms with van der Waals surface area (Å²) in [4.78, 5) is 30.7. The largest absolute Gasteiger partial charge is 0.573 e. The molecule has 0 aromatic heterocycles. The number of nitrogens with zero attached hydrogens (tertiary/aromatic N) is 2. The van der Waals surface area contributed by atoms with Gasteiger partial charge in [-0.2, -0.15) is 0 Å². The Morgan fingerprint density at radius 1 is 1.12 bits per heavy atom. The highest BCUT2D eigenvalue weighted by Gasteiger charge is 2.58. The summed E-state index contributed by atoms with van der Waals surface area (Å²) in [5.74, 6) is -0.222. The number of fused-ring (bicyclic) bond motifs is 5. The topological polar surface area (TPSA) is 97.0 Å². The van der Waals surface area contributed by atoms with Crippen molar-refractivity contribution in [2.24, 2.45) is 34.4 Å². The number of hydrogen-bond donors (Lipinski definition) is 2. The number of alkyl halides is 3. The third-order valence-electron chi connectivity index (χ3n) is 6.02. The lowest BCUT2D eigenvalue weighted by Gasteiger charge is -2.17. The van der Waals surface area contributed by atoms with Crippen LogP contribution in [-0.4, -0.2) is 42.1 Å². The molecule has 0 spiro atoms. The number of carbonyl (C=O) groups is 2. The predicted molar refractivity (Wildman–Crippen MR) is 121 cm³/mol. The molecule has 2 bridgehead atoms. The van der Waals surface area contributed by atoms with Crippen LogP contribution in [0, 0.1) is 23.7 Å². The second-order valence-electron chi connectivity index (χ2n) is 8.00. The lowest BCUT2D eigenvalue weighted by Crippen LogP contribution is -2.37. The van der Waals surface area contributed by atoms with Gasteiger partial charge in [-0.25, -0.2) is 4.99 Å². The first-order chi connectivity index (χ1) is 14.7. The third kappa shape index (κ3) is 5.18. The minimum atomic E-state index is -4.73. The molecule has 0 radical (unpaired) electrons. The van der Waals surface area contributed by atoms with Crippen LogP contribution in [0.15, 0.2) is 41.4 Å². The van der Waals surface area contributed by atoms with Crippen LogP contribution in [-0.2, 0) is 16.1 Å². The number of halogens is 4. The number of guanidine groups is 1. The Balaban J connectivity index is 0.00000289. The average molecular weight is 564 g/mol. The number of allylic oxidation sites excluding steroid dienone is 2. The average Bonchev–Trinajstić information content (AvgIpc) is 3.38. The number of nitrogens with two attached hydrogens (primary N) is 1. The van der Waals surface area contributed by atoms with Crippen molar-refractivity contribution in [1.82, 2.24) is 10.2 Å². The zero-order chi connectivity index (χ0) is 22.2. The lowest BCUT2D eigenvalue weighted by molar-refractivity contribution is -0.274. The molecule has 2 aliphatic carbocycles. The van der Waals surface area contributed by atoms with Gasteiger partial charge in [-0.15, -0.1) is 37.1 Å². The van der Waals surface area contributed by atoms with E-state index in [-0.39, 0.29) is 77.7 Å². The van der Waals surface area contributed by atoms with Crippen molar-refractivity contribution in [3.05, 3.63) is 42.0 Å². The molecule has 32 heavy (non-hydrogen) atoms. The molecule has 1 saturated carbocycles. The van der Waals surface area contributed by atoms with E-state index in [1.54, 1.807) is 0 Å². The molecule has 11 heteroatoms.